The third-order valence-electron chi connectivity index (χ3n) is 6.02. The van der Waals surface area contributed by atoms with E-state index in [1.165, 1.54) is 0 Å². The fraction of sp³-hybridized carbons (Fsp3) is 0.667. The molecule has 1 aromatic heterocycles. The summed E-state index contributed by atoms with van der Waals surface area (Å²) in [5, 5.41) is 8.78. The quantitative estimate of drug-likeness (QED) is 0.555. The van der Waals surface area contributed by atoms with Crippen molar-refractivity contribution in [2.45, 2.75) is 63.8 Å². The lowest BCUT2D eigenvalue weighted by molar-refractivity contribution is -0.144. The Morgan fingerprint density at radius 2 is 2.03 bits per heavy atom. The fourth-order valence-corrected chi connectivity index (χ4v) is 4.40. The second-order valence-electron chi connectivity index (χ2n) is 9.01. The Labute approximate surface area is 182 Å². The van der Waals surface area contributed by atoms with E-state index in [4.69, 9.17) is 0 Å². The van der Waals surface area contributed by atoms with E-state index in [9.17, 15) is 14.4 Å². The molecule has 1 saturated carbocycles. The second-order valence-corrected chi connectivity index (χ2v) is 9.01. The first kappa shape index (κ1) is 21.5. The lowest BCUT2D eigenvalue weighted by Gasteiger charge is -2.42. The summed E-state index contributed by atoms with van der Waals surface area (Å²) in [7, 11) is 0. The van der Waals surface area contributed by atoms with Crippen molar-refractivity contribution in [1.29, 1.82) is 0 Å². The van der Waals surface area contributed by atoms with Gasteiger partial charge in [0.1, 0.15) is 6.04 Å². The van der Waals surface area contributed by atoms with Crippen molar-refractivity contribution in [3.63, 3.8) is 0 Å². The molecule has 3 fully saturated rings. The van der Waals surface area contributed by atoms with Gasteiger partial charge in [0.2, 0.25) is 11.8 Å². The number of amides is 4. The SMILES string of the molecule is CC(C)NC(=O)N[C@H]1C[C@H]2CN(Cc3cnccn3)[C@@H](CNC(=O)C3CC3)C(=O)N2C1. The first-order valence-corrected chi connectivity index (χ1v) is 11.0. The van der Waals surface area contributed by atoms with Crippen molar-refractivity contribution in [3.05, 3.63) is 24.3 Å². The van der Waals surface area contributed by atoms with Gasteiger partial charge < -0.3 is 20.9 Å². The highest BCUT2D eigenvalue weighted by Gasteiger charge is 2.46. The number of nitrogens with zero attached hydrogens (tertiary/aromatic N) is 4. The van der Waals surface area contributed by atoms with Gasteiger partial charge >= 0.3 is 6.03 Å². The number of carbonyl (C=O) groups is 3. The maximum atomic E-state index is 13.4. The van der Waals surface area contributed by atoms with Crippen LogP contribution in [-0.4, -0.2) is 81.4 Å². The minimum atomic E-state index is -0.454. The average molecular weight is 430 g/mol. The molecule has 2 saturated heterocycles. The van der Waals surface area contributed by atoms with E-state index < -0.39 is 6.04 Å². The molecule has 1 aromatic rings. The highest BCUT2D eigenvalue weighted by atomic mass is 16.2. The van der Waals surface area contributed by atoms with Gasteiger partial charge in [-0.05, 0) is 33.1 Å². The van der Waals surface area contributed by atoms with Gasteiger partial charge in [-0.3, -0.25) is 24.5 Å². The number of fused-ring (bicyclic) bond motifs is 1. The number of hydrogen-bond donors (Lipinski definition) is 3. The van der Waals surface area contributed by atoms with Crippen LogP contribution >= 0.6 is 0 Å². The number of urea groups is 1. The molecule has 10 heteroatoms. The van der Waals surface area contributed by atoms with Crippen LogP contribution in [-0.2, 0) is 16.1 Å². The summed E-state index contributed by atoms with van der Waals surface area (Å²) in [6.07, 6.45) is 7.51. The van der Waals surface area contributed by atoms with E-state index >= 15 is 0 Å². The molecule has 0 unspecified atom stereocenters. The van der Waals surface area contributed by atoms with Crippen LogP contribution in [0.3, 0.4) is 0 Å². The smallest absolute Gasteiger partial charge is 0.315 e. The summed E-state index contributed by atoms with van der Waals surface area (Å²) in [4.78, 5) is 50.1. The predicted octanol–water partition coefficient (Wildman–Crippen LogP) is -0.136. The normalized spacial score (nSPS) is 26.0. The number of carbonyl (C=O) groups excluding carboxylic acids is 3. The van der Waals surface area contributed by atoms with Crippen molar-refractivity contribution in [3.8, 4) is 0 Å². The van der Waals surface area contributed by atoms with E-state index in [2.05, 4.69) is 30.8 Å². The third-order valence-corrected chi connectivity index (χ3v) is 6.02. The van der Waals surface area contributed by atoms with Gasteiger partial charge in [-0.25, -0.2) is 4.79 Å². The summed E-state index contributed by atoms with van der Waals surface area (Å²) < 4.78 is 0. The zero-order valence-corrected chi connectivity index (χ0v) is 18.1. The molecule has 3 aliphatic rings. The Morgan fingerprint density at radius 3 is 2.71 bits per heavy atom. The zero-order valence-electron chi connectivity index (χ0n) is 18.1. The molecule has 2 aliphatic heterocycles. The Morgan fingerprint density at radius 1 is 1.23 bits per heavy atom. The molecule has 10 nitrogen and oxygen atoms in total. The topological polar surface area (TPSA) is 120 Å². The van der Waals surface area contributed by atoms with Crippen LogP contribution in [0, 0.1) is 5.92 Å². The summed E-state index contributed by atoms with van der Waals surface area (Å²) in [5.41, 5.74) is 0.784. The van der Waals surface area contributed by atoms with Crippen LogP contribution in [0.1, 0.15) is 38.8 Å². The van der Waals surface area contributed by atoms with Crippen LogP contribution in [0.5, 0.6) is 0 Å². The molecule has 3 heterocycles. The standard InChI is InChI=1S/C21H31N7O3/c1-13(2)25-21(31)26-15-7-17-12-27(10-16-8-22-5-6-23-16)18(20(30)28(17)11-15)9-24-19(29)14-3-4-14/h5-6,8,13-15,17-18H,3-4,7,9-12H2,1-2H3,(H,24,29)(H2,25,26,31)/t15-,17-,18-/m0/s1. The molecule has 1 aliphatic carbocycles. The molecule has 0 bridgehead atoms. The molecule has 0 spiro atoms. The number of hydrogen-bond acceptors (Lipinski definition) is 6. The van der Waals surface area contributed by atoms with E-state index in [1.807, 2.05) is 18.7 Å². The fourth-order valence-electron chi connectivity index (χ4n) is 4.40. The lowest BCUT2D eigenvalue weighted by Crippen LogP contribution is -2.62. The van der Waals surface area contributed by atoms with Gasteiger partial charge in [-0.2, -0.15) is 0 Å². The van der Waals surface area contributed by atoms with Gasteiger partial charge in [0.25, 0.3) is 0 Å². The van der Waals surface area contributed by atoms with Crippen molar-refractivity contribution < 1.29 is 14.4 Å². The predicted molar refractivity (Wildman–Crippen MR) is 113 cm³/mol. The maximum Gasteiger partial charge on any atom is 0.315 e. The second kappa shape index (κ2) is 9.17. The van der Waals surface area contributed by atoms with Crippen LogP contribution < -0.4 is 16.0 Å². The molecule has 168 valence electrons. The summed E-state index contributed by atoms with van der Waals surface area (Å²) in [6.45, 7) is 5.73. The molecule has 31 heavy (non-hydrogen) atoms. The Balaban J connectivity index is 1.44. The van der Waals surface area contributed by atoms with Crippen molar-refractivity contribution >= 4 is 17.8 Å². The monoisotopic (exact) mass is 429 g/mol. The molecule has 4 amide bonds. The van der Waals surface area contributed by atoms with E-state index in [0.717, 1.165) is 18.5 Å². The van der Waals surface area contributed by atoms with Crippen LogP contribution in [0.15, 0.2) is 18.6 Å². The molecular weight excluding hydrogens is 398 g/mol. The minimum Gasteiger partial charge on any atom is -0.354 e. The highest BCUT2D eigenvalue weighted by molar-refractivity contribution is 5.86. The lowest BCUT2D eigenvalue weighted by atomic mass is 10.0. The summed E-state index contributed by atoms with van der Waals surface area (Å²) in [5.74, 6) is 0.116. The zero-order chi connectivity index (χ0) is 22.0. The highest BCUT2D eigenvalue weighted by Crippen LogP contribution is 2.30. The van der Waals surface area contributed by atoms with Crippen molar-refractivity contribution in [1.82, 2.24) is 35.7 Å². The summed E-state index contributed by atoms with van der Waals surface area (Å²) in [6, 6.07) is -0.691. The van der Waals surface area contributed by atoms with E-state index in [1.54, 1.807) is 18.6 Å². The Kier molecular flexibility index (Phi) is 6.35. The molecular formula is C21H31N7O3. The molecule has 0 aromatic carbocycles. The maximum absolute atomic E-state index is 13.4. The van der Waals surface area contributed by atoms with Gasteiger partial charge in [0.15, 0.2) is 0 Å². The average Bonchev–Trinajstić information content (AvgIpc) is 3.49. The van der Waals surface area contributed by atoms with Crippen molar-refractivity contribution in [2.75, 3.05) is 19.6 Å². The Bertz CT molecular complexity index is 814. The molecule has 4 rings (SSSR count). The Hall–Kier alpha value is -2.75. The summed E-state index contributed by atoms with van der Waals surface area (Å²) >= 11 is 0. The first-order valence-electron chi connectivity index (χ1n) is 11.0. The molecule has 3 N–H and O–H groups in total. The van der Waals surface area contributed by atoms with Gasteiger partial charge in [-0.1, -0.05) is 0 Å². The molecule has 0 radical (unpaired) electrons. The third kappa shape index (κ3) is 5.30. The largest absolute Gasteiger partial charge is 0.354 e. The van der Waals surface area contributed by atoms with Crippen molar-refractivity contribution in [2.24, 2.45) is 5.92 Å². The van der Waals surface area contributed by atoms with E-state index in [0.29, 0.717) is 26.1 Å². The van der Waals surface area contributed by atoms with Crippen LogP contribution in [0.2, 0.25) is 0 Å². The number of nitrogens with one attached hydrogen (secondary N) is 3. The number of piperazine rings is 1. The molecule has 3 atom stereocenters. The van der Waals surface area contributed by atoms with Crippen LogP contribution in [0.4, 0.5) is 4.79 Å². The van der Waals surface area contributed by atoms with Crippen LogP contribution in [0.25, 0.3) is 0 Å². The minimum absolute atomic E-state index is 0.00944. The van der Waals surface area contributed by atoms with Gasteiger partial charge in [0, 0.05) is 62.8 Å². The number of rotatable bonds is 7. The van der Waals surface area contributed by atoms with E-state index in [-0.39, 0.29) is 48.4 Å². The van der Waals surface area contributed by atoms with Gasteiger partial charge in [-0.15, -0.1) is 0 Å². The first-order chi connectivity index (χ1) is 14.9. The van der Waals surface area contributed by atoms with Gasteiger partial charge in [0.05, 0.1) is 11.7 Å². The number of aromatic nitrogens is 2.